The van der Waals surface area contributed by atoms with Crippen molar-refractivity contribution in [3.05, 3.63) is 82.4 Å². The molecule has 2 heterocycles. The third-order valence-corrected chi connectivity index (χ3v) is 5.88. The second kappa shape index (κ2) is 10.1. The Kier molecular flexibility index (Phi) is 6.56. The molecule has 1 amide bonds. The van der Waals surface area contributed by atoms with Crippen LogP contribution in [0.2, 0.25) is 0 Å². The van der Waals surface area contributed by atoms with Gasteiger partial charge in [-0.15, -0.1) is 0 Å². The molecule has 4 aromatic rings. The number of amides is 1. The number of nitro benzene ring substituents is 1. The number of nitrogens with zero attached hydrogens (tertiary/aromatic N) is 3. The molecule has 11 heteroatoms. The SMILES string of the molecule is O=C(NC(=S)Nc1cccc(-c2nc3ccccc3o2)c1)c1ccc(N2CCOCC2)c([N+](=O)[O-])c1. The molecule has 1 aromatic heterocycles. The zero-order valence-corrected chi connectivity index (χ0v) is 19.8. The number of anilines is 2. The first-order valence-corrected chi connectivity index (χ1v) is 11.6. The van der Waals surface area contributed by atoms with E-state index in [1.165, 1.54) is 6.07 Å². The quantitative estimate of drug-likeness (QED) is 0.232. The van der Waals surface area contributed by atoms with Gasteiger partial charge >= 0.3 is 0 Å². The minimum atomic E-state index is -0.556. The summed E-state index contributed by atoms with van der Waals surface area (Å²) < 4.78 is 11.1. The molecule has 0 spiro atoms. The van der Waals surface area contributed by atoms with Crippen LogP contribution < -0.4 is 15.5 Å². The summed E-state index contributed by atoms with van der Waals surface area (Å²) in [6, 6.07) is 19.1. The van der Waals surface area contributed by atoms with Crippen molar-refractivity contribution in [3.8, 4) is 11.5 Å². The lowest BCUT2D eigenvalue weighted by Gasteiger charge is -2.28. The predicted octanol–water partition coefficient (Wildman–Crippen LogP) is 4.37. The van der Waals surface area contributed by atoms with Crippen LogP contribution in [0.1, 0.15) is 10.4 Å². The van der Waals surface area contributed by atoms with Gasteiger partial charge in [-0.3, -0.25) is 20.2 Å². The topological polar surface area (TPSA) is 123 Å². The van der Waals surface area contributed by atoms with Gasteiger partial charge in [0.15, 0.2) is 10.7 Å². The summed E-state index contributed by atoms with van der Waals surface area (Å²) >= 11 is 5.30. The fourth-order valence-electron chi connectivity index (χ4n) is 3.95. The zero-order chi connectivity index (χ0) is 25.1. The molecule has 1 saturated heterocycles. The Morgan fingerprint density at radius 2 is 1.86 bits per heavy atom. The van der Waals surface area contributed by atoms with E-state index in [1.807, 2.05) is 41.3 Å². The Hall–Kier alpha value is -4.35. The van der Waals surface area contributed by atoms with Gasteiger partial charge in [-0.05, 0) is 54.7 Å². The van der Waals surface area contributed by atoms with E-state index < -0.39 is 10.8 Å². The van der Waals surface area contributed by atoms with E-state index in [-0.39, 0.29) is 16.4 Å². The number of aromatic nitrogens is 1. The highest BCUT2D eigenvalue weighted by Crippen LogP contribution is 2.30. The van der Waals surface area contributed by atoms with Crippen LogP contribution in [-0.2, 0) is 4.74 Å². The summed E-state index contributed by atoms with van der Waals surface area (Å²) in [6.07, 6.45) is 0. The minimum absolute atomic E-state index is 0.0506. The molecule has 1 aliphatic heterocycles. The smallest absolute Gasteiger partial charge is 0.293 e. The van der Waals surface area contributed by atoms with E-state index >= 15 is 0 Å². The second-order valence-electron chi connectivity index (χ2n) is 8.04. The van der Waals surface area contributed by atoms with Gasteiger partial charge in [0.25, 0.3) is 11.6 Å². The molecule has 0 radical (unpaired) electrons. The lowest BCUT2D eigenvalue weighted by molar-refractivity contribution is -0.384. The van der Waals surface area contributed by atoms with Crippen LogP contribution in [0.5, 0.6) is 0 Å². The van der Waals surface area contributed by atoms with Crippen molar-refractivity contribution in [2.75, 3.05) is 36.5 Å². The highest BCUT2D eigenvalue weighted by atomic mass is 32.1. The maximum atomic E-state index is 12.8. The van der Waals surface area contributed by atoms with E-state index in [0.29, 0.717) is 49.2 Å². The number of nitrogens with one attached hydrogen (secondary N) is 2. The monoisotopic (exact) mass is 503 g/mol. The number of thiocarbonyl (C=S) groups is 1. The van der Waals surface area contributed by atoms with Crippen molar-refractivity contribution in [1.82, 2.24) is 10.3 Å². The second-order valence-corrected chi connectivity index (χ2v) is 8.44. The molecule has 0 saturated carbocycles. The first-order chi connectivity index (χ1) is 17.5. The summed E-state index contributed by atoms with van der Waals surface area (Å²) in [7, 11) is 0. The summed E-state index contributed by atoms with van der Waals surface area (Å²) in [5.74, 6) is -0.0956. The fourth-order valence-corrected chi connectivity index (χ4v) is 4.16. The number of carbonyl (C=O) groups is 1. The standard InChI is InChI=1S/C25H21N5O5S/c31-23(16-8-9-20(21(15-16)30(32)33)29-10-12-34-13-11-29)28-25(36)26-18-5-3-4-17(14-18)24-27-19-6-1-2-7-22(19)35-24/h1-9,14-15H,10-13H2,(H2,26,28,31,36). The number of hydrogen-bond acceptors (Lipinski definition) is 8. The van der Waals surface area contributed by atoms with Crippen molar-refractivity contribution >= 4 is 51.4 Å². The van der Waals surface area contributed by atoms with Gasteiger partial charge in [0, 0.05) is 36.0 Å². The van der Waals surface area contributed by atoms with Gasteiger partial charge in [-0.1, -0.05) is 18.2 Å². The molecule has 3 aromatic carbocycles. The first kappa shape index (κ1) is 23.4. The third kappa shape index (κ3) is 5.02. The minimum Gasteiger partial charge on any atom is -0.436 e. The van der Waals surface area contributed by atoms with E-state index in [1.54, 1.807) is 24.3 Å². The van der Waals surface area contributed by atoms with Gasteiger partial charge in [-0.25, -0.2) is 4.98 Å². The van der Waals surface area contributed by atoms with Crippen molar-refractivity contribution in [1.29, 1.82) is 0 Å². The van der Waals surface area contributed by atoms with Crippen LogP contribution in [-0.4, -0.2) is 47.2 Å². The Labute approximate surface area is 211 Å². The number of hydrogen-bond donors (Lipinski definition) is 2. The molecule has 182 valence electrons. The number of carbonyl (C=O) groups excluding carboxylic acids is 1. The maximum absolute atomic E-state index is 12.8. The number of ether oxygens (including phenoxy) is 1. The van der Waals surface area contributed by atoms with Gasteiger partial charge in [-0.2, -0.15) is 0 Å². The zero-order valence-electron chi connectivity index (χ0n) is 19.0. The van der Waals surface area contributed by atoms with Crippen LogP contribution in [0.15, 0.2) is 71.1 Å². The van der Waals surface area contributed by atoms with Crippen LogP contribution in [0.4, 0.5) is 17.1 Å². The summed E-state index contributed by atoms with van der Waals surface area (Å²) in [5.41, 5.74) is 3.23. The predicted molar refractivity (Wildman–Crippen MR) is 139 cm³/mol. The summed E-state index contributed by atoms with van der Waals surface area (Å²) in [5, 5.41) is 17.3. The highest BCUT2D eigenvalue weighted by Gasteiger charge is 2.23. The van der Waals surface area contributed by atoms with Crippen molar-refractivity contribution in [2.24, 2.45) is 0 Å². The number of para-hydroxylation sites is 2. The lowest BCUT2D eigenvalue weighted by atomic mass is 10.1. The molecule has 1 aliphatic rings. The van der Waals surface area contributed by atoms with Crippen LogP contribution >= 0.6 is 12.2 Å². The Balaban J connectivity index is 1.28. The molecule has 36 heavy (non-hydrogen) atoms. The Bertz CT molecular complexity index is 1430. The largest absolute Gasteiger partial charge is 0.436 e. The molecule has 0 aliphatic carbocycles. The van der Waals surface area contributed by atoms with E-state index in [2.05, 4.69) is 15.6 Å². The third-order valence-electron chi connectivity index (χ3n) is 5.67. The molecular formula is C25H21N5O5S. The molecule has 10 nitrogen and oxygen atoms in total. The van der Waals surface area contributed by atoms with Crippen molar-refractivity contribution in [3.63, 3.8) is 0 Å². The Morgan fingerprint density at radius 3 is 2.64 bits per heavy atom. The summed E-state index contributed by atoms with van der Waals surface area (Å²) in [4.78, 5) is 30.3. The number of rotatable bonds is 5. The number of morpholine rings is 1. The van der Waals surface area contributed by atoms with Crippen LogP contribution in [0.3, 0.4) is 0 Å². The van der Waals surface area contributed by atoms with Gasteiger partial charge in [0.1, 0.15) is 11.2 Å². The van der Waals surface area contributed by atoms with Crippen molar-refractivity contribution < 1.29 is 18.9 Å². The maximum Gasteiger partial charge on any atom is 0.293 e. The molecule has 0 atom stereocenters. The molecule has 1 fully saturated rings. The number of fused-ring (bicyclic) bond motifs is 1. The molecule has 5 rings (SSSR count). The van der Waals surface area contributed by atoms with Crippen molar-refractivity contribution in [2.45, 2.75) is 0 Å². The van der Waals surface area contributed by atoms with Crippen LogP contribution in [0, 0.1) is 10.1 Å². The number of nitro groups is 1. The number of benzene rings is 3. The lowest BCUT2D eigenvalue weighted by Crippen LogP contribution is -2.37. The average molecular weight is 504 g/mol. The van der Waals surface area contributed by atoms with E-state index in [4.69, 9.17) is 21.4 Å². The highest BCUT2D eigenvalue weighted by molar-refractivity contribution is 7.80. The molecule has 2 N–H and O–H groups in total. The Morgan fingerprint density at radius 1 is 1.06 bits per heavy atom. The fraction of sp³-hybridized carbons (Fsp3) is 0.160. The first-order valence-electron chi connectivity index (χ1n) is 11.2. The summed E-state index contributed by atoms with van der Waals surface area (Å²) in [6.45, 7) is 2.08. The van der Waals surface area contributed by atoms with Gasteiger partial charge in [0.2, 0.25) is 5.89 Å². The molecular weight excluding hydrogens is 482 g/mol. The van der Waals surface area contributed by atoms with Crippen LogP contribution in [0.25, 0.3) is 22.6 Å². The number of oxazole rings is 1. The average Bonchev–Trinajstić information content (AvgIpc) is 3.33. The van der Waals surface area contributed by atoms with E-state index in [0.717, 1.165) is 11.1 Å². The van der Waals surface area contributed by atoms with Gasteiger partial charge in [0.05, 0.1) is 18.1 Å². The molecule has 0 unspecified atom stereocenters. The van der Waals surface area contributed by atoms with E-state index in [9.17, 15) is 14.9 Å². The van der Waals surface area contributed by atoms with Gasteiger partial charge < -0.3 is 19.4 Å². The molecule has 0 bridgehead atoms. The normalized spacial score (nSPS) is 13.4.